The van der Waals surface area contributed by atoms with Gasteiger partial charge in [-0.3, -0.25) is 0 Å². The second kappa shape index (κ2) is 7.61. The lowest BCUT2D eigenvalue weighted by Gasteiger charge is -2.28. The highest BCUT2D eigenvalue weighted by Gasteiger charge is 2.25. The van der Waals surface area contributed by atoms with E-state index in [0.29, 0.717) is 16.7 Å². The van der Waals surface area contributed by atoms with Crippen molar-refractivity contribution < 1.29 is 8.42 Å². The zero-order valence-electron chi connectivity index (χ0n) is 12.5. The van der Waals surface area contributed by atoms with Gasteiger partial charge in [0.15, 0.2) is 0 Å². The Hall–Kier alpha value is -0.580. The maximum absolute atomic E-state index is 12.4. The van der Waals surface area contributed by atoms with Gasteiger partial charge >= 0.3 is 0 Å². The molecule has 3 nitrogen and oxygen atoms in total. The van der Waals surface area contributed by atoms with Crippen molar-refractivity contribution >= 4 is 21.6 Å². The van der Waals surface area contributed by atoms with Crippen molar-refractivity contribution in [1.82, 2.24) is 4.72 Å². The Morgan fingerprint density at radius 1 is 1.19 bits per heavy atom. The van der Waals surface area contributed by atoms with Crippen LogP contribution in [0.15, 0.2) is 29.2 Å². The third kappa shape index (κ3) is 4.70. The lowest BCUT2D eigenvalue weighted by atomic mass is 9.85. The molecule has 1 N–H and O–H groups in total. The van der Waals surface area contributed by atoms with Crippen LogP contribution in [0.2, 0.25) is 0 Å². The molecule has 1 atom stereocenters. The first-order valence-corrected chi connectivity index (χ1v) is 9.72. The van der Waals surface area contributed by atoms with Gasteiger partial charge in [0.05, 0.1) is 4.90 Å². The number of alkyl halides is 1. The third-order valence-corrected chi connectivity index (χ3v) is 6.08. The SMILES string of the molecule is C[C@@H](NS(=O)(=O)c1ccc(CCCl)cc1)C1CCCCC1. The quantitative estimate of drug-likeness (QED) is 0.808. The van der Waals surface area contributed by atoms with E-state index >= 15 is 0 Å². The van der Waals surface area contributed by atoms with Crippen molar-refractivity contribution in [3.63, 3.8) is 0 Å². The number of sulfonamides is 1. The van der Waals surface area contributed by atoms with Crippen molar-refractivity contribution in [2.24, 2.45) is 5.92 Å². The van der Waals surface area contributed by atoms with Gasteiger partial charge in [0, 0.05) is 11.9 Å². The number of hydrogen-bond donors (Lipinski definition) is 1. The zero-order valence-corrected chi connectivity index (χ0v) is 14.1. The van der Waals surface area contributed by atoms with Crippen molar-refractivity contribution in [3.05, 3.63) is 29.8 Å². The molecule has 1 aromatic carbocycles. The second-order valence-electron chi connectivity index (χ2n) is 5.89. The van der Waals surface area contributed by atoms with E-state index in [0.717, 1.165) is 24.8 Å². The highest BCUT2D eigenvalue weighted by atomic mass is 35.5. The largest absolute Gasteiger partial charge is 0.240 e. The van der Waals surface area contributed by atoms with E-state index in [-0.39, 0.29) is 6.04 Å². The highest BCUT2D eigenvalue weighted by Crippen LogP contribution is 2.27. The van der Waals surface area contributed by atoms with Crippen LogP contribution in [0.5, 0.6) is 0 Å². The molecular weight excluding hydrogens is 306 g/mol. The average molecular weight is 330 g/mol. The highest BCUT2D eigenvalue weighted by molar-refractivity contribution is 7.89. The molecule has 0 radical (unpaired) electrons. The minimum atomic E-state index is -3.42. The maximum atomic E-state index is 12.4. The van der Waals surface area contributed by atoms with Crippen LogP contribution >= 0.6 is 11.6 Å². The molecule has 1 saturated carbocycles. The fourth-order valence-electron chi connectivity index (χ4n) is 2.99. The van der Waals surface area contributed by atoms with E-state index in [2.05, 4.69) is 4.72 Å². The molecule has 21 heavy (non-hydrogen) atoms. The Labute approximate surface area is 133 Å². The second-order valence-corrected chi connectivity index (χ2v) is 7.98. The molecule has 1 aliphatic rings. The molecule has 0 bridgehead atoms. The van der Waals surface area contributed by atoms with Gasteiger partial charge in [-0.05, 0) is 49.8 Å². The molecule has 118 valence electrons. The van der Waals surface area contributed by atoms with Gasteiger partial charge in [-0.2, -0.15) is 0 Å². The molecule has 1 fully saturated rings. The van der Waals surface area contributed by atoms with E-state index in [1.807, 2.05) is 19.1 Å². The molecule has 0 saturated heterocycles. The smallest absolute Gasteiger partial charge is 0.208 e. The first-order valence-electron chi connectivity index (χ1n) is 7.70. The summed E-state index contributed by atoms with van der Waals surface area (Å²) >= 11 is 5.69. The van der Waals surface area contributed by atoms with Crippen molar-refractivity contribution in [2.75, 3.05) is 5.88 Å². The summed E-state index contributed by atoms with van der Waals surface area (Å²) < 4.78 is 27.7. The summed E-state index contributed by atoms with van der Waals surface area (Å²) in [5.74, 6) is 1.01. The molecule has 0 unspecified atom stereocenters. The van der Waals surface area contributed by atoms with E-state index < -0.39 is 10.0 Å². The minimum absolute atomic E-state index is 0.00202. The van der Waals surface area contributed by atoms with E-state index in [9.17, 15) is 8.42 Å². The lowest BCUT2D eigenvalue weighted by molar-refractivity contribution is 0.303. The van der Waals surface area contributed by atoms with Gasteiger partial charge in [-0.25, -0.2) is 13.1 Å². The zero-order chi connectivity index (χ0) is 15.3. The van der Waals surface area contributed by atoms with Crippen molar-refractivity contribution in [1.29, 1.82) is 0 Å². The minimum Gasteiger partial charge on any atom is -0.208 e. The molecule has 0 spiro atoms. The summed E-state index contributed by atoms with van der Waals surface area (Å²) in [5.41, 5.74) is 1.06. The monoisotopic (exact) mass is 329 g/mol. The number of aryl methyl sites for hydroxylation is 1. The molecule has 1 aromatic rings. The van der Waals surface area contributed by atoms with Crippen molar-refractivity contribution in [3.8, 4) is 0 Å². The maximum Gasteiger partial charge on any atom is 0.240 e. The predicted octanol–water partition coefficient (Wildman–Crippen LogP) is 3.72. The predicted molar refractivity (Wildman–Crippen MR) is 87.2 cm³/mol. The Morgan fingerprint density at radius 3 is 2.38 bits per heavy atom. The molecule has 0 aromatic heterocycles. The van der Waals surface area contributed by atoms with Crippen LogP contribution in [0.1, 0.15) is 44.6 Å². The van der Waals surface area contributed by atoms with Crippen LogP contribution in [0, 0.1) is 5.92 Å². The topological polar surface area (TPSA) is 46.2 Å². The van der Waals surface area contributed by atoms with Crippen molar-refractivity contribution in [2.45, 2.75) is 56.4 Å². The Bertz CT molecular complexity index is 536. The molecule has 0 heterocycles. The summed E-state index contributed by atoms with van der Waals surface area (Å²) in [5, 5.41) is 0. The van der Waals surface area contributed by atoms with Crippen LogP contribution in [0.25, 0.3) is 0 Å². The first-order chi connectivity index (χ1) is 10.0. The van der Waals surface area contributed by atoms with Crippen LogP contribution < -0.4 is 4.72 Å². The molecule has 1 aliphatic carbocycles. The number of nitrogens with one attached hydrogen (secondary N) is 1. The van der Waals surface area contributed by atoms with E-state index in [1.165, 1.54) is 19.3 Å². The van der Waals surface area contributed by atoms with Gasteiger partial charge < -0.3 is 0 Å². The van der Waals surface area contributed by atoms with Gasteiger partial charge in [0.1, 0.15) is 0 Å². The number of hydrogen-bond acceptors (Lipinski definition) is 2. The van der Waals surface area contributed by atoms with Crippen LogP contribution in [-0.4, -0.2) is 20.3 Å². The number of rotatable bonds is 6. The van der Waals surface area contributed by atoms with Gasteiger partial charge in [-0.1, -0.05) is 31.4 Å². The summed E-state index contributed by atoms with van der Waals surface area (Å²) in [6.07, 6.45) is 6.70. The van der Waals surface area contributed by atoms with Crippen LogP contribution in [0.3, 0.4) is 0 Å². The first kappa shape index (κ1) is 16.8. The fraction of sp³-hybridized carbons (Fsp3) is 0.625. The summed E-state index contributed by atoms with van der Waals surface area (Å²) in [6.45, 7) is 1.98. The van der Waals surface area contributed by atoms with E-state index in [1.54, 1.807) is 12.1 Å². The van der Waals surface area contributed by atoms with Gasteiger partial charge in [-0.15, -0.1) is 11.6 Å². The van der Waals surface area contributed by atoms with E-state index in [4.69, 9.17) is 11.6 Å². The third-order valence-electron chi connectivity index (χ3n) is 4.31. The standard InChI is InChI=1S/C16H24ClNO2S/c1-13(15-5-3-2-4-6-15)18-21(19,20)16-9-7-14(8-10-16)11-12-17/h7-10,13,15,18H,2-6,11-12H2,1H3/t13-/m1/s1. The summed E-state index contributed by atoms with van der Waals surface area (Å²) in [4.78, 5) is 0.337. The number of benzene rings is 1. The molecular formula is C16H24ClNO2S. The normalized spacial score (nSPS) is 18.6. The van der Waals surface area contributed by atoms with Crippen LogP contribution in [-0.2, 0) is 16.4 Å². The molecule has 5 heteroatoms. The van der Waals surface area contributed by atoms with Gasteiger partial charge in [0.2, 0.25) is 10.0 Å². The average Bonchev–Trinajstić information content (AvgIpc) is 2.48. The van der Waals surface area contributed by atoms with Gasteiger partial charge in [0.25, 0.3) is 0 Å². The Balaban J connectivity index is 2.03. The molecule has 0 amide bonds. The fourth-order valence-corrected chi connectivity index (χ4v) is 4.52. The Morgan fingerprint density at radius 2 is 1.81 bits per heavy atom. The molecule has 2 rings (SSSR count). The molecule has 0 aliphatic heterocycles. The number of halogens is 1. The summed E-state index contributed by atoms with van der Waals surface area (Å²) in [6, 6.07) is 7.00. The lowest BCUT2D eigenvalue weighted by Crippen LogP contribution is -2.38. The Kier molecular flexibility index (Phi) is 6.08. The van der Waals surface area contributed by atoms with Crippen LogP contribution in [0.4, 0.5) is 0 Å². The summed E-state index contributed by atoms with van der Waals surface area (Å²) in [7, 11) is -3.42.